The van der Waals surface area contributed by atoms with Gasteiger partial charge in [-0.2, -0.15) is 0 Å². The van der Waals surface area contributed by atoms with Crippen LogP contribution in [0.4, 0.5) is 0 Å². The van der Waals surface area contributed by atoms with Gasteiger partial charge in [0.15, 0.2) is 12.2 Å². The van der Waals surface area contributed by atoms with Gasteiger partial charge in [0.2, 0.25) is 0 Å². The van der Waals surface area contributed by atoms with Gasteiger partial charge in [0.25, 0.3) is 0 Å². The van der Waals surface area contributed by atoms with E-state index in [1.807, 2.05) is 42.5 Å². The molecule has 1 saturated carbocycles. The highest BCUT2D eigenvalue weighted by Gasteiger charge is 2.63. The normalized spacial score (nSPS) is 31.1. The van der Waals surface area contributed by atoms with E-state index in [4.69, 9.17) is 9.47 Å². The van der Waals surface area contributed by atoms with Crippen LogP contribution in [-0.2, 0) is 9.47 Å². The van der Waals surface area contributed by atoms with Crippen LogP contribution in [-0.4, -0.2) is 36.2 Å². The van der Waals surface area contributed by atoms with Gasteiger partial charge in [-0.3, -0.25) is 0 Å². The van der Waals surface area contributed by atoms with E-state index in [0.29, 0.717) is 28.9 Å². The second-order valence-corrected chi connectivity index (χ2v) is 9.60. The summed E-state index contributed by atoms with van der Waals surface area (Å²) in [5.41, 5.74) is 2.36. The average molecular weight is 454 g/mol. The number of rotatable bonds is 5. The molecule has 2 heterocycles. The first kappa shape index (κ1) is 21.1. The molecule has 5 nitrogen and oxygen atoms in total. The van der Waals surface area contributed by atoms with Crippen molar-refractivity contribution in [3.8, 4) is 0 Å². The van der Waals surface area contributed by atoms with E-state index in [1.54, 1.807) is 24.3 Å². The van der Waals surface area contributed by atoms with E-state index >= 15 is 0 Å². The lowest BCUT2D eigenvalue weighted by Crippen LogP contribution is -2.49. The van der Waals surface area contributed by atoms with Crippen molar-refractivity contribution in [2.45, 2.75) is 43.1 Å². The van der Waals surface area contributed by atoms with Crippen molar-refractivity contribution in [1.82, 2.24) is 5.32 Å². The van der Waals surface area contributed by atoms with Crippen molar-refractivity contribution < 1.29 is 19.1 Å². The Balaban J connectivity index is 1.26. The van der Waals surface area contributed by atoms with Gasteiger partial charge in [0.1, 0.15) is 0 Å². The molecule has 1 N–H and O–H groups in total. The van der Waals surface area contributed by atoms with Gasteiger partial charge in [0.05, 0.1) is 23.2 Å². The maximum absolute atomic E-state index is 13.0. The van der Waals surface area contributed by atoms with Crippen molar-refractivity contribution in [3.05, 3.63) is 108 Å². The van der Waals surface area contributed by atoms with Crippen LogP contribution in [0.15, 0.2) is 91.0 Å². The summed E-state index contributed by atoms with van der Waals surface area (Å²) in [5.74, 6) is 0.480. The molecule has 0 radical (unpaired) electrons. The van der Waals surface area contributed by atoms with Crippen molar-refractivity contribution in [2.75, 3.05) is 0 Å². The third kappa shape index (κ3) is 3.70. The van der Waals surface area contributed by atoms with Crippen LogP contribution >= 0.6 is 0 Å². The van der Waals surface area contributed by atoms with E-state index in [1.165, 1.54) is 5.56 Å². The number of ether oxygens (including phenoxy) is 2. The second kappa shape index (κ2) is 8.73. The first-order valence-corrected chi connectivity index (χ1v) is 12.0. The zero-order valence-corrected chi connectivity index (χ0v) is 18.7. The molecule has 3 fully saturated rings. The lowest BCUT2D eigenvalue weighted by Gasteiger charge is -2.35. The molecule has 0 aromatic heterocycles. The minimum Gasteiger partial charge on any atom is -0.453 e. The first-order chi connectivity index (χ1) is 16.7. The third-order valence-electron chi connectivity index (χ3n) is 7.78. The number of hydrogen-bond acceptors (Lipinski definition) is 5. The molecule has 0 spiro atoms. The van der Waals surface area contributed by atoms with Gasteiger partial charge in [0, 0.05) is 0 Å². The minimum atomic E-state index is -0.513. The van der Waals surface area contributed by atoms with Gasteiger partial charge in [-0.25, -0.2) is 9.59 Å². The maximum Gasteiger partial charge on any atom is 0.338 e. The average Bonchev–Trinajstić information content (AvgIpc) is 3.57. The summed E-state index contributed by atoms with van der Waals surface area (Å²) in [6, 6.07) is 28.6. The summed E-state index contributed by atoms with van der Waals surface area (Å²) in [6.45, 7) is 0. The lowest BCUT2D eigenvalue weighted by atomic mass is 9.78. The molecule has 2 saturated heterocycles. The summed E-state index contributed by atoms with van der Waals surface area (Å²) < 4.78 is 12.1. The Morgan fingerprint density at radius 2 is 1.03 bits per heavy atom. The Labute approximate surface area is 199 Å². The van der Waals surface area contributed by atoms with E-state index in [-0.39, 0.29) is 24.0 Å². The molecule has 34 heavy (non-hydrogen) atoms. The molecule has 2 aliphatic heterocycles. The van der Waals surface area contributed by atoms with Gasteiger partial charge >= 0.3 is 11.9 Å². The molecule has 3 aromatic rings. The van der Waals surface area contributed by atoms with Gasteiger partial charge in [-0.1, -0.05) is 66.7 Å². The fourth-order valence-electron chi connectivity index (χ4n) is 6.29. The molecular formula is C29H27NO4. The number of nitrogens with one attached hydrogen (secondary N) is 1. The van der Waals surface area contributed by atoms with E-state index in [0.717, 1.165) is 12.8 Å². The highest BCUT2D eigenvalue weighted by atomic mass is 16.6. The first-order valence-electron chi connectivity index (χ1n) is 12.0. The molecule has 3 aliphatic rings. The van der Waals surface area contributed by atoms with E-state index < -0.39 is 12.2 Å². The van der Waals surface area contributed by atoms with Crippen molar-refractivity contribution in [1.29, 1.82) is 0 Å². The highest BCUT2D eigenvalue weighted by molar-refractivity contribution is 5.90. The van der Waals surface area contributed by atoms with Gasteiger partial charge < -0.3 is 14.8 Å². The third-order valence-corrected chi connectivity index (χ3v) is 7.78. The van der Waals surface area contributed by atoms with Crippen LogP contribution in [0.2, 0.25) is 0 Å². The van der Waals surface area contributed by atoms with Crippen molar-refractivity contribution in [2.24, 2.45) is 11.8 Å². The molecule has 6 unspecified atom stereocenters. The van der Waals surface area contributed by atoms with Crippen LogP contribution in [0, 0.1) is 11.8 Å². The fourth-order valence-corrected chi connectivity index (χ4v) is 6.29. The molecule has 5 heteroatoms. The van der Waals surface area contributed by atoms with Crippen LogP contribution in [0.5, 0.6) is 0 Å². The minimum absolute atomic E-state index is 0.0232. The number of carbonyl (C=O) groups excluding carboxylic acids is 2. The smallest absolute Gasteiger partial charge is 0.338 e. The molecule has 0 amide bonds. The molecule has 1 aliphatic carbocycles. The molecule has 6 atom stereocenters. The SMILES string of the molecule is O=C(OC1C2NC(C3CC(c4ccccc4)CC32)C1OC(=O)c1ccccc1)c1ccccc1. The Kier molecular flexibility index (Phi) is 5.42. The van der Waals surface area contributed by atoms with E-state index in [2.05, 4.69) is 29.6 Å². The van der Waals surface area contributed by atoms with Crippen molar-refractivity contribution in [3.63, 3.8) is 0 Å². The topological polar surface area (TPSA) is 64.6 Å². The van der Waals surface area contributed by atoms with Crippen LogP contribution in [0.3, 0.4) is 0 Å². The van der Waals surface area contributed by atoms with Gasteiger partial charge in [-0.05, 0) is 60.4 Å². The van der Waals surface area contributed by atoms with Crippen LogP contribution in [0.1, 0.15) is 45.0 Å². The Hall–Kier alpha value is -3.44. The van der Waals surface area contributed by atoms with Crippen LogP contribution in [0.25, 0.3) is 0 Å². The number of hydrogen-bond donors (Lipinski definition) is 1. The predicted molar refractivity (Wildman–Crippen MR) is 127 cm³/mol. The quantitative estimate of drug-likeness (QED) is 0.572. The van der Waals surface area contributed by atoms with Crippen molar-refractivity contribution >= 4 is 11.9 Å². The summed E-state index contributed by atoms with van der Waals surface area (Å²) in [6.07, 6.45) is 1.06. The zero-order chi connectivity index (χ0) is 23.1. The predicted octanol–water partition coefficient (Wildman–Crippen LogP) is 4.60. The fraction of sp³-hybridized carbons (Fsp3) is 0.310. The summed E-state index contributed by atoms with van der Waals surface area (Å²) >= 11 is 0. The second-order valence-electron chi connectivity index (χ2n) is 9.60. The Morgan fingerprint density at radius 3 is 1.47 bits per heavy atom. The summed E-state index contributed by atoms with van der Waals surface area (Å²) in [7, 11) is 0. The van der Waals surface area contributed by atoms with E-state index in [9.17, 15) is 9.59 Å². The zero-order valence-electron chi connectivity index (χ0n) is 18.7. The maximum atomic E-state index is 13.0. The molecular weight excluding hydrogens is 426 g/mol. The Bertz CT molecular complexity index is 1090. The lowest BCUT2D eigenvalue weighted by molar-refractivity contribution is -0.0540. The van der Waals surface area contributed by atoms with Gasteiger partial charge in [-0.15, -0.1) is 0 Å². The number of benzene rings is 3. The summed E-state index contributed by atoms with van der Waals surface area (Å²) in [4.78, 5) is 25.9. The molecule has 6 rings (SSSR count). The number of carbonyl (C=O) groups is 2. The molecule has 172 valence electrons. The molecule has 2 bridgehead atoms. The number of fused-ring (bicyclic) bond motifs is 5. The monoisotopic (exact) mass is 453 g/mol. The molecule has 3 aromatic carbocycles. The largest absolute Gasteiger partial charge is 0.453 e. The standard InChI is InChI=1S/C29H27NO4/c31-28(19-12-6-2-7-13-19)33-26-24-22-16-21(18-10-4-1-5-11-18)17-23(22)25(30-24)27(26)34-29(32)20-14-8-3-9-15-20/h1-15,21-27,30H,16-17H2. The van der Waals surface area contributed by atoms with Crippen LogP contribution < -0.4 is 5.32 Å². The Morgan fingerprint density at radius 1 is 0.618 bits per heavy atom. The number of esters is 2. The summed E-state index contributed by atoms with van der Waals surface area (Å²) in [5, 5.41) is 3.66. The highest BCUT2D eigenvalue weighted by Crippen LogP contribution is 2.54.